The van der Waals surface area contributed by atoms with Crippen molar-refractivity contribution in [1.29, 1.82) is 5.26 Å². The van der Waals surface area contributed by atoms with Gasteiger partial charge in [-0.1, -0.05) is 103 Å². The number of benzene rings is 5. The second kappa shape index (κ2) is 10.7. The van der Waals surface area contributed by atoms with E-state index in [9.17, 15) is 5.26 Å². The Kier molecular flexibility index (Phi) is 6.35. The molecule has 0 spiro atoms. The van der Waals surface area contributed by atoms with Crippen LogP contribution in [0.4, 0.5) is 0 Å². The Morgan fingerprint density at radius 1 is 0.543 bits per heavy atom. The molecule has 4 nitrogen and oxygen atoms in total. The van der Waals surface area contributed by atoms with Crippen molar-refractivity contribution in [2.24, 2.45) is 17.8 Å². The van der Waals surface area contributed by atoms with Gasteiger partial charge >= 0.3 is 0 Å². The number of fused-ring (bicyclic) bond motifs is 1. The summed E-state index contributed by atoms with van der Waals surface area (Å²) in [4.78, 5) is 15.1. The van der Waals surface area contributed by atoms with Crippen molar-refractivity contribution < 1.29 is 0 Å². The molecule has 1 heterocycles. The highest BCUT2D eigenvalue weighted by Crippen LogP contribution is 2.60. The van der Waals surface area contributed by atoms with Crippen LogP contribution in [0, 0.1) is 29.1 Å². The minimum absolute atomic E-state index is 0.383. The van der Waals surface area contributed by atoms with E-state index in [0.717, 1.165) is 50.8 Å². The van der Waals surface area contributed by atoms with Crippen molar-refractivity contribution in [1.82, 2.24) is 15.0 Å². The maximum Gasteiger partial charge on any atom is 0.164 e. The number of nitrogens with zero attached hydrogens (tertiary/aromatic N) is 4. The minimum atomic E-state index is 0.383. The highest BCUT2D eigenvalue weighted by molar-refractivity contribution is 5.91. The van der Waals surface area contributed by atoms with Gasteiger partial charge in [0, 0.05) is 16.7 Å². The van der Waals surface area contributed by atoms with Crippen LogP contribution in [0.1, 0.15) is 49.7 Å². The third kappa shape index (κ3) is 4.62. The monoisotopic (exact) mass is 594 g/mol. The zero-order valence-electron chi connectivity index (χ0n) is 25.7. The second-order valence-corrected chi connectivity index (χ2v) is 13.8. The Balaban J connectivity index is 1.14. The summed E-state index contributed by atoms with van der Waals surface area (Å²) < 4.78 is 0. The standard InChI is InChI=1S/C42H34N4/c43-26-34-10-6-9-32-22-33(15-18-36(32)34)40-44-39(31-7-2-1-3-8-31)45-41(46-40)38-12-5-4-11-37(38)30-13-16-35(17-14-30)42-23-27-19-28(24-42)21-29(20-27)25-42/h1-18,22,27-29H,19-21,23-25H2. The molecule has 46 heavy (non-hydrogen) atoms. The zero-order chi connectivity index (χ0) is 30.7. The fraction of sp³-hybridized carbons (Fsp3) is 0.238. The second-order valence-electron chi connectivity index (χ2n) is 13.8. The van der Waals surface area contributed by atoms with Gasteiger partial charge in [0.25, 0.3) is 0 Å². The van der Waals surface area contributed by atoms with E-state index in [1.165, 1.54) is 49.7 Å². The summed E-state index contributed by atoms with van der Waals surface area (Å²) in [6.07, 6.45) is 8.50. The Morgan fingerprint density at radius 2 is 1.15 bits per heavy atom. The van der Waals surface area contributed by atoms with Crippen molar-refractivity contribution in [2.45, 2.75) is 43.9 Å². The summed E-state index contributed by atoms with van der Waals surface area (Å²) in [6.45, 7) is 0. The molecule has 1 aromatic heterocycles. The van der Waals surface area contributed by atoms with Gasteiger partial charge in [-0.25, -0.2) is 15.0 Å². The lowest BCUT2D eigenvalue weighted by atomic mass is 9.48. The maximum absolute atomic E-state index is 9.62. The number of rotatable bonds is 5. The summed E-state index contributed by atoms with van der Waals surface area (Å²) >= 11 is 0. The number of hydrogen-bond acceptors (Lipinski definition) is 4. The van der Waals surface area contributed by atoms with Crippen molar-refractivity contribution in [2.75, 3.05) is 0 Å². The molecule has 0 radical (unpaired) electrons. The van der Waals surface area contributed by atoms with Crippen LogP contribution in [-0.4, -0.2) is 15.0 Å². The Bertz CT molecular complexity index is 2110. The first-order chi connectivity index (χ1) is 22.6. The van der Waals surface area contributed by atoms with Crippen LogP contribution in [-0.2, 0) is 5.41 Å². The summed E-state index contributed by atoms with van der Waals surface area (Å²) in [7, 11) is 0. The lowest BCUT2D eigenvalue weighted by molar-refractivity contribution is -0.00518. The van der Waals surface area contributed by atoms with Crippen LogP contribution in [0.3, 0.4) is 0 Å². The number of nitriles is 1. The molecule has 10 rings (SSSR count). The molecule has 0 atom stereocenters. The van der Waals surface area contributed by atoms with Crippen LogP contribution >= 0.6 is 0 Å². The van der Waals surface area contributed by atoms with Gasteiger partial charge in [0.05, 0.1) is 11.6 Å². The molecule has 4 aliphatic rings. The molecular formula is C42H34N4. The molecule has 222 valence electrons. The predicted octanol–water partition coefficient (Wildman–Crippen LogP) is 10.0. The fourth-order valence-electron chi connectivity index (χ4n) is 9.26. The predicted molar refractivity (Wildman–Crippen MR) is 184 cm³/mol. The highest BCUT2D eigenvalue weighted by atomic mass is 15.0. The third-order valence-corrected chi connectivity index (χ3v) is 10.9. The van der Waals surface area contributed by atoms with Crippen molar-refractivity contribution in [3.05, 3.63) is 126 Å². The van der Waals surface area contributed by atoms with Crippen LogP contribution in [0.25, 0.3) is 56.1 Å². The Morgan fingerprint density at radius 3 is 1.85 bits per heavy atom. The topological polar surface area (TPSA) is 62.5 Å². The first kappa shape index (κ1) is 27.2. The normalized spacial score (nSPS) is 23.0. The molecule has 4 fully saturated rings. The van der Waals surface area contributed by atoms with E-state index >= 15 is 0 Å². The Hall–Kier alpha value is -5.14. The summed E-state index contributed by atoms with van der Waals surface area (Å²) in [5, 5.41) is 11.5. The smallest absolute Gasteiger partial charge is 0.164 e. The molecule has 5 aromatic carbocycles. The van der Waals surface area contributed by atoms with Crippen molar-refractivity contribution in [3.8, 4) is 51.4 Å². The van der Waals surface area contributed by atoms with E-state index < -0.39 is 0 Å². The van der Waals surface area contributed by atoms with Gasteiger partial charge < -0.3 is 0 Å². The summed E-state index contributed by atoms with van der Waals surface area (Å²) in [5.41, 5.74) is 7.70. The van der Waals surface area contributed by atoms with Gasteiger partial charge in [-0.05, 0) is 101 Å². The molecule has 0 aliphatic heterocycles. The maximum atomic E-state index is 9.62. The van der Waals surface area contributed by atoms with Crippen molar-refractivity contribution in [3.63, 3.8) is 0 Å². The zero-order valence-corrected chi connectivity index (χ0v) is 25.7. The quantitative estimate of drug-likeness (QED) is 0.199. The average Bonchev–Trinajstić information content (AvgIpc) is 3.11. The van der Waals surface area contributed by atoms with Gasteiger partial charge in [0.15, 0.2) is 17.5 Å². The van der Waals surface area contributed by atoms with E-state index in [1.54, 1.807) is 0 Å². The van der Waals surface area contributed by atoms with Crippen molar-refractivity contribution >= 4 is 10.8 Å². The molecule has 6 aromatic rings. The molecule has 0 N–H and O–H groups in total. The van der Waals surface area contributed by atoms with E-state index in [1.807, 2.05) is 60.7 Å². The first-order valence-electron chi connectivity index (χ1n) is 16.6. The van der Waals surface area contributed by atoms with Crippen LogP contribution in [0.2, 0.25) is 0 Å². The van der Waals surface area contributed by atoms with Crippen LogP contribution in [0.5, 0.6) is 0 Å². The van der Waals surface area contributed by atoms with Gasteiger partial charge in [-0.2, -0.15) is 5.26 Å². The largest absolute Gasteiger partial charge is 0.208 e. The van der Waals surface area contributed by atoms with E-state index in [-0.39, 0.29) is 0 Å². The number of hydrogen-bond donors (Lipinski definition) is 0. The lowest BCUT2D eigenvalue weighted by Gasteiger charge is -2.57. The summed E-state index contributed by atoms with van der Waals surface area (Å²) in [5.74, 6) is 4.69. The first-order valence-corrected chi connectivity index (χ1v) is 16.6. The SMILES string of the molecule is N#Cc1cccc2cc(-c3nc(-c4ccccc4)nc(-c4ccccc4-c4ccc(C56CC7CC(CC(C7)C5)C6)cc4)n3)ccc12. The molecule has 4 heteroatoms. The molecule has 0 saturated heterocycles. The molecule has 4 bridgehead atoms. The minimum Gasteiger partial charge on any atom is -0.208 e. The molecule has 4 aliphatic carbocycles. The van der Waals surface area contributed by atoms with Crippen LogP contribution in [0.15, 0.2) is 115 Å². The average molecular weight is 595 g/mol. The van der Waals surface area contributed by atoms with Gasteiger partial charge in [0.2, 0.25) is 0 Å². The fourth-order valence-corrected chi connectivity index (χ4v) is 9.26. The lowest BCUT2D eigenvalue weighted by Crippen LogP contribution is -2.48. The molecule has 4 saturated carbocycles. The molecule has 0 amide bonds. The van der Waals surface area contributed by atoms with Gasteiger partial charge in [0.1, 0.15) is 0 Å². The third-order valence-electron chi connectivity index (χ3n) is 10.9. The van der Waals surface area contributed by atoms with Gasteiger partial charge in [-0.3, -0.25) is 0 Å². The molecule has 0 unspecified atom stereocenters. The van der Waals surface area contributed by atoms with E-state index in [2.05, 4.69) is 60.7 Å². The molecular weight excluding hydrogens is 560 g/mol. The van der Waals surface area contributed by atoms with Gasteiger partial charge in [-0.15, -0.1) is 0 Å². The Labute approximate surface area is 269 Å². The number of aromatic nitrogens is 3. The van der Waals surface area contributed by atoms with E-state index in [4.69, 9.17) is 15.0 Å². The summed E-state index contributed by atoms with van der Waals surface area (Å²) in [6, 6.07) is 42.2. The van der Waals surface area contributed by atoms with E-state index in [0.29, 0.717) is 28.5 Å². The van der Waals surface area contributed by atoms with Crippen LogP contribution < -0.4 is 0 Å². The highest BCUT2D eigenvalue weighted by Gasteiger charge is 2.51.